The summed E-state index contributed by atoms with van der Waals surface area (Å²) in [6.07, 6.45) is 14.5. The summed E-state index contributed by atoms with van der Waals surface area (Å²) < 4.78 is 5.40. The highest BCUT2D eigenvalue weighted by molar-refractivity contribution is 6.01. The van der Waals surface area contributed by atoms with Crippen LogP contribution in [0.5, 0.6) is 5.75 Å². The molecular weight excluding hydrogens is 420 g/mol. The van der Waals surface area contributed by atoms with E-state index in [1.165, 1.54) is 5.56 Å². The van der Waals surface area contributed by atoms with Crippen molar-refractivity contribution >= 4 is 18.1 Å². The van der Waals surface area contributed by atoms with E-state index in [0.29, 0.717) is 11.7 Å². The SMILES string of the molecule is C=N\C(=N/C(N)=C/C=C(\C=C\CCCc1ccccc1)c1cccc(OC)c1)c1cccnc1. The molecule has 0 radical (unpaired) electrons. The van der Waals surface area contributed by atoms with Gasteiger partial charge in [0, 0.05) is 18.0 Å². The van der Waals surface area contributed by atoms with Crippen LogP contribution in [0.2, 0.25) is 0 Å². The van der Waals surface area contributed by atoms with Crippen molar-refractivity contribution in [1.82, 2.24) is 4.98 Å². The highest BCUT2D eigenvalue weighted by Gasteiger charge is 2.02. The lowest BCUT2D eigenvalue weighted by Gasteiger charge is -2.06. The van der Waals surface area contributed by atoms with Gasteiger partial charge in [-0.1, -0.05) is 60.7 Å². The van der Waals surface area contributed by atoms with Crippen molar-refractivity contribution < 1.29 is 4.74 Å². The van der Waals surface area contributed by atoms with Gasteiger partial charge in [-0.05, 0) is 73.0 Å². The number of methoxy groups -OCH3 is 1. The first-order valence-corrected chi connectivity index (χ1v) is 11.2. The molecule has 0 unspecified atom stereocenters. The average molecular weight is 451 g/mol. The monoisotopic (exact) mass is 450 g/mol. The van der Waals surface area contributed by atoms with E-state index in [9.17, 15) is 0 Å². The number of aromatic nitrogens is 1. The molecule has 34 heavy (non-hydrogen) atoms. The number of unbranched alkanes of at least 4 members (excludes halogenated alkanes) is 1. The number of aryl methyl sites for hydroxylation is 1. The van der Waals surface area contributed by atoms with Gasteiger partial charge in [-0.2, -0.15) is 0 Å². The maximum atomic E-state index is 6.18. The molecule has 0 saturated heterocycles. The smallest absolute Gasteiger partial charge is 0.162 e. The van der Waals surface area contributed by atoms with Gasteiger partial charge in [0.15, 0.2) is 5.84 Å². The van der Waals surface area contributed by atoms with Crippen LogP contribution in [0.15, 0.2) is 119 Å². The molecule has 2 N–H and O–H groups in total. The van der Waals surface area contributed by atoms with E-state index in [2.05, 4.69) is 58.1 Å². The quantitative estimate of drug-likeness (QED) is 0.178. The number of rotatable bonds is 10. The number of ether oxygens (including phenoxy) is 1. The van der Waals surface area contributed by atoms with Gasteiger partial charge in [0.25, 0.3) is 0 Å². The number of hydrogen-bond donors (Lipinski definition) is 1. The summed E-state index contributed by atoms with van der Waals surface area (Å²) in [5, 5.41) is 0. The van der Waals surface area contributed by atoms with Gasteiger partial charge in [-0.15, -0.1) is 0 Å². The van der Waals surface area contributed by atoms with Crippen LogP contribution in [0.25, 0.3) is 5.57 Å². The lowest BCUT2D eigenvalue weighted by atomic mass is 10.0. The molecule has 1 aromatic heterocycles. The first-order chi connectivity index (χ1) is 16.7. The summed E-state index contributed by atoms with van der Waals surface area (Å²) in [7, 11) is 1.66. The van der Waals surface area contributed by atoms with E-state index in [0.717, 1.165) is 41.7 Å². The summed E-state index contributed by atoms with van der Waals surface area (Å²) in [6.45, 7) is 3.60. The summed E-state index contributed by atoms with van der Waals surface area (Å²) >= 11 is 0. The summed E-state index contributed by atoms with van der Waals surface area (Å²) in [6, 6.07) is 22.2. The predicted molar refractivity (Wildman–Crippen MR) is 142 cm³/mol. The molecule has 3 aromatic rings. The minimum atomic E-state index is 0.323. The van der Waals surface area contributed by atoms with Crippen molar-refractivity contribution in [2.24, 2.45) is 15.7 Å². The van der Waals surface area contributed by atoms with E-state index in [1.807, 2.05) is 48.5 Å². The zero-order valence-corrected chi connectivity index (χ0v) is 19.5. The van der Waals surface area contributed by atoms with Crippen LogP contribution >= 0.6 is 0 Å². The Balaban J connectivity index is 1.79. The lowest BCUT2D eigenvalue weighted by molar-refractivity contribution is 0.414. The molecule has 2 aromatic carbocycles. The summed E-state index contributed by atoms with van der Waals surface area (Å²) in [4.78, 5) is 12.5. The summed E-state index contributed by atoms with van der Waals surface area (Å²) in [5.74, 6) is 1.55. The largest absolute Gasteiger partial charge is 0.497 e. The highest BCUT2D eigenvalue weighted by atomic mass is 16.5. The Morgan fingerprint density at radius 3 is 2.59 bits per heavy atom. The van der Waals surface area contributed by atoms with E-state index in [-0.39, 0.29) is 0 Å². The maximum absolute atomic E-state index is 6.18. The Kier molecular flexibility index (Phi) is 9.57. The second kappa shape index (κ2) is 13.3. The fourth-order valence-electron chi connectivity index (χ4n) is 3.35. The van der Waals surface area contributed by atoms with Crippen LogP contribution in [-0.2, 0) is 6.42 Å². The molecule has 0 bridgehead atoms. The van der Waals surface area contributed by atoms with Gasteiger partial charge in [0.1, 0.15) is 11.6 Å². The molecule has 0 amide bonds. The van der Waals surface area contributed by atoms with E-state index >= 15 is 0 Å². The van der Waals surface area contributed by atoms with Crippen LogP contribution in [0, 0.1) is 0 Å². The Hall–Kier alpha value is -4.25. The Labute approximate surface area is 201 Å². The number of pyridine rings is 1. The van der Waals surface area contributed by atoms with Crippen molar-refractivity contribution in [2.45, 2.75) is 19.3 Å². The molecule has 0 aliphatic carbocycles. The number of nitrogens with zero attached hydrogens (tertiary/aromatic N) is 3. The van der Waals surface area contributed by atoms with Crippen molar-refractivity contribution in [3.63, 3.8) is 0 Å². The number of allylic oxidation sites excluding steroid dienone is 5. The van der Waals surface area contributed by atoms with Crippen LogP contribution in [-0.4, -0.2) is 24.6 Å². The molecule has 0 atom stereocenters. The van der Waals surface area contributed by atoms with Gasteiger partial charge in [0.05, 0.1) is 7.11 Å². The molecule has 0 aliphatic rings. The minimum absolute atomic E-state index is 0.323. The topological polar surface area (TPSA) is 72.9 Å². The average Bonchev–Trinajstić information content (AvgIpc) is 2.90. The second-order valence-corrected chi connectivity index (χ2v) is 7.56. The Morgan fingerprint density at radius 1 is 1.03 bits per heavy atom. The van der Waals surface area contributed by atoms with Gasteiger partial charge in [-0.25, -0.2) is 9.98 Å². The number of amidine groups is 1. The van der Waals surface area contributed by atoms with Crippen molar-refractivity contribution in [2.75, 3.05) is 7.11 Å². The highest BCUT2D eigenvalue weighted by Crippen LogP contribution is 2.22. The number of hydrogen-bond acceptors (Lipinski definition) is 4. The molecule has 0 saturated carbocycles. The summed E-state index contributed by atoms with van der Waals surface area (Å²) in [5.41, 5.74) is 10.3. The van der Waals surface area contributed by atoms with Crippen LogP contribution in [0.4, 0.5) is 0 Å². The molecule has 5 heteroatoms. The first-order valence-electron chi connectivity index (χ1n) is 11.2. The second-order valence-electron chi connectivity index (χ2n) is 7.56. The molecule has 0 aliphatic heterocycles. The molecule has 3 rings (SSSR count). The molecule has 0 spiro atoms. The van der Waals surface area contributed by atoms with Crippen LogP contribution < -0.4 is 10.5 Å². The minimum Gasteiger partial charge on any atom is -0.497 e. The van der Waals surface area contributed by atoms with E-state index in [4.69, 9.17) is 10.5 Å². The number of aliphatic imine (C=N–C) groups is 2. The van der Waals surface area contributed by atoms with Gasteiger partial charge >= 0.3 is 0 Å². The molecule has 5 nitrogen and oxygen atoms in total. The lowest BCUT2D eigenvalue weighted by Crippen LogP contribution is -2.02. The molecular formula is C29H30N4O. The van der Waals surface area contributed by atoms with Gasteiger partial charge in [0.2, 0.25) is 0 Å². The zero-order chi connectivity index (χ0) is 24.0. The third-order valence-electron chi connectivity index (χ3n) is 5.12. The van der Waals surface area contributed by atoms with Crippen molar-refractivity contribution in [1.29, 1.82) is 0 Å². The van der Waals surface area contributed by atoms with Crippen molar-refractivity contribution in [3.8, 4) is 5.75 Å². The standard InChI is InChI=1S/C29H30N4O/c1-31-29(26-16-10-20-32-22-26)33-28(30)19-18-24(25-15-9-17-27(21-25)34-2)14-8-4-7-13-23-11-5-3-6-12-23/h3,5-6,8-12,14-22H,1,4,7,13,30H2,2H3/b14-8+,24-18+,28-19+,33-29-. The third kappa shape index (κ3) is 7.71. The molecule has 172 valence electrons. The predicted octanol–water partition coefficient (Wildman–Crippen LogP) is 6.00. The fraction of sp³-hybridized carbons (Fsp3) is 0.138. The van der Waals surface area contributed by atoms with Crippen LogP contribution in [0.3, 0.4) is 0 Å². The van der Waals surface area contributed by atoms with Gasteiger partial charge in [-0.3, -0.25) is 4.98 Å². The third-order valence-corrected chi connectivity index (χ3v) is 5.12. The zero-order valence-electron chi connectivity index (χ0n) is 19.5. The normalized spacial score (nSPS) is 12.7. The van der Waals surface area contributed by atoms with Crippen molar-refractivity contribution in [3.05, 3.63) is 126 Å². The maximum Gasteiger partial charge on any atom is 0.162 e. The number of nitrogens with two attached hydrogens (primary N) is 1. The van der Waals surface area contributed by atoms with Gasteiger partial charge < -0.3 is 10.5 Å². The Bertz CT molecular complexity index is 1180. The Morgan fingerprint density at radius 2 is 1.85 bits per heavy atom. The number of benzene rings is 2. The fourth-order valence-corrected chi connectivity index (χ4v) is 3.35. The van der Waals surface area contributed by atoms with Crippen LogP contribution in [0.1, 0.15) is 29.5 Å². The molecule has 0 fully saturated rings. The van der Waals surface area contributed by atoms with E-state index < -0.39 is 0 Å². The molecule has 1 heterocycles. The van der Waals surface area contributed by atoms with E-state index in [1.54, 1.807) is 25.6 Å². The first kappa shape index (κ1) is 24.4.